The monoisotopic (exact) mass is 482 g/mol. The maximum atomic E-state index is 13.1. The Hall–Kier alpha value is -3.57. The average molecular weight is 482 g/mol. The first-order valence-corrected chi connectivity index (χ1v) is 8.82. The van der Waals surface area contributed by atoms with E-state index in [-0.39, 0.29) is 11.1 Å². The van der Waals surface area contributed by atoms with E-state index in [9.17, 15) is 39.5 Å². The van der Waals surface area contributed by atoms with Crippen LogP contribution in [0.3, 0.4) is 0 Å². The maximum Gasteiger partial charge on any atom is 0.573 e. The van der Waals surface area contributed by atoms with E-state index in [1.807, 2.05) is 0 Å². The number of benzene rings is 3. The van der Waals surface area contributed by atoms with Gasteiger partial charge in [-0.05, 0) is 17.2 Å². The van der Waals surface area contributed by atoms with Crippen molar-refractivity contribution in [3.05, 3.63) is 66.7 Å². The highest BCUT2D eigenvalue weighted by atomic mass is 19.4. The fourth-order valence-corrected chi connectivity index (χ4v) is 2.93. The lowest BCUT2D eigenvalue weighted by Gasteiger charge is -2.24. The first-order valence-electron chi connectivity index (χ1n) is 8.82. The van der Waals surface area contributed by atoms with Gasteiger partial charge in [-0.3, -0.25) is 0 Å². The van der Waals surface area contributed by atoms with Crippen LogP contribution in [-0.4, -0.2) is 19.1 Å². The van der Waals surface area contributed by atoms with Crippen LogP contribution in [0, 0.1) is 0 Å². The Kier molecular flexibility index (Phi) is 6.39. The third-order valence-electron chi connectivity index (χ3n) is 4.01. The minimum Gasteiger partial charge on any atom is -0.401 e. The maximum absolute atomic E-state index is 13.1. The van der Waals surface area contributed by atoms with Crippen LogP contribution in [0.15, 0.2) is 66.7 Å². The zero-order chi connectivity index (χ0) is 24.4. The molecule has 3 rings (SSSR count). The molecular weight excluding hydrogens is 471 g/mol. The third kappa shape index (κ3) is 6.46. The predicted octanol–water partition coefficient (Wildman–Crippen LogP) is 7.72. The second-order valence-corrected chi connectivity index (χ2v) is 6.33. The fourth-order valence-electron chi connectivity index (χ4n) is 2.93. The molecule has 176 valence electrons. The Bertz CT molecular complexity index is 1010. The van der Waals surface area contributed by atoms with E-state index in [0.717, 1.165) is 6.07 Å². The molecule has 0 aliphatic heterocycles. The molecule has 0 spiro atoms. The van der Waals surface area contributed by atoms with Crippen molar-refractivity contribution in [1.29, 1.82) is 0 Å². The van der Waals surface area contributed by atoms with Crippen molar-refractivity contribution >= 4 is 0 Å². The van der Waals surface area contributed by atoms with Gasteiger partial charge in [0.05, 0.1) is 0 Å². The molecule has 0 aliphatic rings. The van der Waals surface area contributed by atoms with Crippen LogP contribution in [0.1, 0.15) is 0 Å². The standard InChI is InChI=1S/C21H11F9O3/c22-19(23,24)31-16-14(12-7-3-1-4-8-12)11-15(13-9-5-2-6-10-13)17(32-20(25,26)27)18(16)33-21(28,29)30/h1-11H. The number of alkyl halides is 9. The van der Waals surface area contributed by atoms with Crippen molar-refractivity contribution in [1.82, 2.24) is 0 Å². The van der Waals surface area contributed by atoms with Crippen molar-refractivity contribution in [2.75, 3.05) is 0 Å². The molecule has 0 unspecified atom stereocenters. The molecule has 12 heteroatoms. The lowest BCUT2D eigenvalue weighted by Crippen LogP contribution is -2.24. The Labute approximate surface area is 179 Å². The molecule has 0 aromatic heterocycles. The second-order valence-electron chi connectivity index (χ2n) is 6.33. The van der Waals surface area contributed by atoms with Gasteiger partial charge < -0.3 is 14.2 Å². The first kappa shape index (κ1) is 24.1. The van der Waals surface area contributed by atoms with Crippen LogP contribution in [-0.2, 0) is 0 Å². The van der Waals surface area contributed by atoms with E-state index < -0.39 is 47.5 Å². The lowest BCUT2D eigenvalue weighted by molar-refractivity contribution is -0.293. The van der Waals surface area contributed by atoms with Gasteiger partial charge in [-0.2, -0.15) is 0 Å². The average Bonchev–Trinajstić information content (AvgIpc) is 2.69. The summed E-state index contributed by atoms with van der Waals surface area (Å²) in [4.78, 5) is 0. The molecule has 0 saturated carbocycles. The van der Waals surface area contributed by atoms with Gasteiger partial charge in [-0.1, -0.05) is 60.7 Å². The molecule has 0 amide bonds. The van der Waals surface area contributed by atoms with Crippen LogP contribution in [0.2, 0.25) is 0 Å². The highest BCUT2D eigenvalue weighted by Gasteiger charge is 2.43. The Morgan fingerprint density at radius 3 is 1.03 bits per heavy atom. The van der Waals surface area contributed by atoms with E-state index in [1.165, 1.54) is 60.7 Å². The summed E-state index contributed by atoms with van der Waals surface area (Å²) in [5.41, 5.74) is -1.39. The molecule has 3 aromatic carbocycles. The number of halogens is 9. The summed E-state index contributed by atoms with van der Waals surface area (Å²) in [7, 11) is 0. The Balaban J connectivity index is 2.46. The van der Waals surface area contributed by atoms with E-state index >= 15 is 0 Å². The van der Waals surface area contributed by atoms with Crippen LogP contribution in [0.4, 0.5) is 39.5 Å². The molecule has 0 fully saturated rings. The van der Waals surface area contributed by atoms with E-state index in [2.05, 4.69) is 14.2 Å². The van der Waals surface area contributed by atoms with Gasteiger partial charge in [0.15, 0.2) is 11.5 Å². The lowest BCUT2D eigenvalue weighted by atomic mass is 9.96. The van der Waals surface area contributed by atoms with E-state index in [0.29, 0.717) is 0 Å². The zero-order valence-corrected chi connectivity index (χ0v) is 16.0. The van der Waals surface area contributed by atoms with Gasteiger partial charge in [-0.25, -0.2) is 0 Å². The first-order chi connectivity index (χ1) is 15.2. The Morgan fingerprint density at radius 2 is 0.727 bits per heavy atom. The molecule has 3 aromatic rings. The van der Waals surface area contributed by atoms with Gasteiger partial charge in [0.2, 0.25) is 5.75 Å². The highest BCUT2D eigenvalue weighted by molar-refractivity contribution is 5.86. The third-order valence-corrected chi connectivity index (χ3v) is 4.01. The predicted molar refractivity (Wildman–Crippen MR) is 97.4 cm³/mol. The van der Waals surface area contributed by atoms with Crippen molar-refractivity contribution < 1.29 is 53.7 Å². The molecule has 0 atom stereocenters. The molecule has 0 aliphatic carbocycles. The highest BCUT2D eigenvalue weighted by Crippen LogP contribution is 2.54. The quantitative estimate of drug-likeness (QED) is 0.349. The zero-order valence-electron chi connectivity index (χ0n) is 16.0. The van der Waals surface area contributed by atoms with Crippen LogP contribution in [0.25, 0.3) is 22.3 Å². The molecule has 0 heterocycles. The van der Waals surface area contributed by atoms with Crippen molar-refractivity contribution in [3.8, 4) is 39.5 Å². The summed E-state index contributed by atoms with van der Waals surface area (Å²) in [6, 6.07) is 14.1. The molecule has 33 heavy (non-hydrogen) atoms. The number of hydrogen-bond donors (Lipinski definition) is 0. The van der Waals surface area contributed by atoms with Gasteiger partial charge >= 0.3 is 19.1 Å². The topological polar surface area (TPSA) is 27.7 Å². The largest absolute Gasteiger partial charge is 0.573 e. The minimum atomic E-state index is -5.68. The molecule has 0 bridgehead atoms. The van der Waals surface area contributed by atoms with Crippen molar-refractivity contribution in [3.63, 3.8) is 0 Å². The second kappa shape index (κ2) is 8.75. The summed E-state index contributed by atoms with van der Waals surface area (Å²) in [6.07, 6.45) is -16.8. The van der Waals surface area contributed by atoms with Crippen LogP contribution in [0.5, 0.6) is 17.2 Å². The molecule has 0 N–H and O–H groups in total. The summed E-state index contributed by atoms with van der Waals surface area (Å²) < 4.78 is 129. The SMILES string of the molecule is FC(F)(F)Oc1c(-c2ccccc2)cc(-c2ccccc2)c(OC(F)(F)F)c1OC(F)(F)F. The van der Waals surface area contributed by atoms with Gasteiger partial charge in [0.25, 0.3) is 0 Å². The van der Waals surface area contributed by atoms with Crippen LogP contribution >= 0.6 is 0 Å². The van der Waals surface area contributed by atoms with Gasteiger partial charge in [-0.15, -0.1) is 39.5 Å². The Morgan fingerprint density at radius 1 is 0.424 bits per heavy atom. The van der Waals surface area contributed by atoms with Gasteiger partial charge in [0.1, 0.15) is 0 Å². The minimum absolute atomic E-state index is 0.0838. The van der Waals surface area contributed by atoms with Crippen LogP contribution < -0.4 is 14.2 Å². The molecule has 3 nitrogen and oxygen atoms in total. The molecule has 0 radical (unpaired) electrons. The van der Waals surface area contributed by atoms with Crippen molar-refractivity contribution in [2.24, 2.45) is 0 Å². The smallest absolute Gasteiger partial charge is 0.401 e. The van der Waals surface area contributed by atoms with E-state index in [4.69, 9.17) is 0 Å². The summed E-state index contributed by atoms with van der Waals surface area (Å²) in [6.45, 7) is 0. The molecule has 0 saturated heterocycles. The number of rotatable bonds is 5. The summed E-state index contributed by atoms with van der Waals surface area (Å²) in [5, 5.41) is 0. The normalized spacial score (nSPS) is 12.4. The summed E-state index contributed by atoms with van der Waals surface area (Å²) in [5.74, 6) is -5.23. The number of hydrogen-bond acceptors (Lipinski definition) is 3. The fraction of sp³-hybridized carbons (Fsp3) is 0.143. The summed E-state index contributed by atoms with van der Waals surface area (Å²) >= 11 is 0. The van der Waals surface area contributed by atoms with Crippen molar-refractivity contribution in [2.45, 2.75) is 19.1 Å². The van der Waals surface area contributed by atoms with Gasteiger partial charge in [0, 0.05) is 11.1 Å². The van der Waals surface area contributed by atoms with E-state index in [1.54, 1.807) is 0 Å². The number of ether oxygens (including phenoxy) is 3. The molecular formula is C21H11F9O3.